The molecular formula is C17H14ClN3O2. The normalized spacial score (nSPS) is 10.7. The maximum Gasteiger partial charge on any atom is 0.280 e. The number of hydrogen-bond acceptors (Lipinski definition) is 3. The first-order chi connectivity index (χ1) is 11.0. The summed E-state index contributed by atoms with van der Waals surface area (Å²) >= 11 is 5.92. The second-order valence-electron chi connectivity index (χ2n) is 5.31. The van der Waals surface area contributed by atoms with Crippen LogP contribution in [0.2, 0.25) is 5.02 Å². The molecule has 6 heteroatoms. The molecule has 1 amide bonds. The Morgan fingerprint density at radius 3 is 2.57 bits per heavy atom. The summed E-state index contributed by atoms with van der Waals surface area (Å²) in [6, 6.07) is 10.5. The van der Waals surface area contributed by atoms with Gasteiger partial charge in [-0.2, -0.15) is 5.10 Å². The number of aromatic nitrogens is 2. The molecule has 1 heterocycles. The van der Waals surface area contributed by atoms with E-state index >= 15 is 0 Å². The molecule has 0 bridgehead atoms. The van der Waals surface area contributed by atoms with E-state index in [1.54, 1.807) is 12.1 Å². The van der Waals surface area contributed by atoms with Crippen LogP contribution in [0.15, 0.2) is 41.2 Å². The molecule has 5 nitrogen and oxygen atoms in total. The lowest BCUT2D eigenvalue weighted by Gasteiger charge is -2.11. The van der Waals surface area contributed by atoms with Gasteiger partial charge in [-0.25, -0.2) is 0 Å². The summed E-state index contributed by atoms with van der Waals surface area (Å²) in [7, 11) is 0. The highest BCUT2D eigenvalue weighted by Gasteiger charge is 2.17. The van der Waals surface area contributed by atoms with Gasteiger partial charge < -0.3 is 5.32 Å². The standard InChI is InChI=1S/C17H14ClN3O2/c1-9-4-3-5-10(2)14(9)19-17(23)15-16(22)12-8-11(18)6-7-13(12)20-21-15/h3-8H,1-2H3,(H,19,23)(H,20,22). The summed E-state index contributed by atoms with van der Waals surface area (Å²) < 4.78 is 0. The largest absolute Gasteiger partial charge is 0.320 e. The van der Waals surface area contributed by atoms with Crippen molar-refractivity contribution in [1.29, 1.82) is 0 Å². The lowest BCUT2D eigenvalue weighted by Crippen LogP contribution is -2.25. The Morgan fingerprint density at radius 1 is 1.17 bits per heavy atom. The number of amides is 1. The molecule has 3 rings (SSSR count). The van der Waals surface area contributed by atoms with Crippen LogP contribution in [0.1, 0.15) is 21.6 Å². The van der Waals surface area contributed by atoms with E-state index in [2.05, 4.69) is 15.5 Å². The molecule has 116 valence electrons. The van der Waals surface area contributed by atoms with E-state index in [1.165, 1.54) is 6.07 Å². The van der Waals surface area contributed by atoms with Gasteiger partial charge in [-0.15, -0.1) is 0 Å². The zero-order chi connectivity index (χ0) is 16.6. The topological polar surface area (TPSA) is 74.8 Å². The lowest BCUT2D eigenvalue weighted by atomic mass is 10.1. The third-order valence-electron chi connectivity index (χ3n) is 3.66. The number of para-hydroxylation sites is 1. The first-order valence-corrected chi connectivity index (χ1v) is 7.40. The van der Waals surface area contributed by atoms with Crippen molar-refractivity contribution in [3.8, 4) is 0 Å². The minimum atomic E-state index is -0.550. The van der Waals surface area contributed by atoms with E-state index < -0.39 is 11.3 Å². The van der Waals surface area contributed by atoms with Crippen LogP contribution in [0.25, 0.3) is 10.9 Å². The molecule has 0 unspecified atom stereocenters. The third-order valence-corrected chi connectivity index (χ3v) is 3.90. The molecule has 2 N–H and O–H groups in total. The summed E-state index contributed by atoms with van der Waals surface area (Å²) in [6.45, 7) is 3.78. The highest BCUT2D eigenvalue weighted by atomic mass is 35.5. The Labute approximate surface area is 137 Å². The Morgan fingerprint density at radius 2 is 1.87 bits per heavy atom. The molecule has 0 saturated carbocycles. The zero-order valence-electron chi connectivity index (χ0n) is 12.6. The smallest absolute Gasteiger partial charge is 0.280 e. The lowest BCUT2D eigenvalue weighted by molar-refractivity contribution is 0.102. The number of aryl methyl sites for hydroxylation is 2. The number of hydrogen-bond donors (Lipinski definition) is 2. The van der Waals surface area contributed by atoms with Crippen molar-refractivity contribution in [3.05, 3.63) is 68.5 Å². The van der Waals surface area contributed by atoms with Crippen molar-refractivity contribution in [2.45, 2.75) is 13.8 Å². The number of rotatable bonds is 2. The Kier molecular flexibility index (Phi) is 3.88. The van der Waals surface area contributed by atoms with Crippen LogP contribution in [0.5, 0.6) is 0 Å². The maximum atomic E-state index is 12.5. The summed E-state index contributed by atoms with van der Waals surface area (Å²) in [6.07, 6.45) is 0. The van der Waals surface area contributed by atoms with Crippen molar-refractivity contribution in [1.82, 2.24) is 10.2 Å². The first kappa shape index (κ1) is 15.2. The van der Waals surface area contributed by atoms with Gasteiger partial charge in [0.2, 0.25) is 5.43 Å². The van der Waals surface area contributed by atoms with Gasteiger partial charge in [0, 0.05) is 10.7 Å². The molecule has 3 aromatic rings. The molecule has 0 aliphatic carbocycles. The number of nitrogens with one attached hydrogen (secondary N) is 2. The summed E-state index contributed by atoms with van der Waals surface area (Å²) in [5.41, 5.74) is 2.40. The molecule has 0 fully saturated rings. The average molecular weight is 328 g/mol. The van der Waals surface area contributed by atoms with E-state index in [0.29, 0.717) is 21.6 Å². The van der Waals surface area contributed by atoms with Gasteiger partial charge in [0.1, 0.15) is 0 Å². The second kappa shape index (κ2) is 5.85. The van der Waals surface area contributed by atoms with Gasteiger partial charge in [-0.1, -0.05) is 29.8 Å². The molecular weight excluding hydrogens is 314 g/mol. The van der Waals surface area contributed by atoms with Crippen LogP contribution in [-0.2, 0) is 0 Å². The fraction of sp³-hybridized carbons (Fsp3) is 0.118. The number of fused-ring (bicyclic) bond motifs is 1. The molecule has 23 heavy (non-hydrogen) atoms. The maximum absolute atomic E-state index is 12.5. The van der Waals surface area contributed by atoms with Crippen molar-refractivity contribution < 1.29 is 4.79 Å². The molecule has 0 saturated heterocycles. The summed E-state index contributed by atoms with van der Waals surface area (Å²) in [5, 5.41) is 10.1. The van der Waals surface area contributed by atoms with Crippen LogP contribution in [-0.4, -0.2) is 16.1 Å². The Balaban J connectivity index is 2.05. The minimum absolute atomic E-state index is 0.192. The Bertz CT molecular complexity index is 959. The van der Waals surface area contributed by atoms with E-state index in [4.69, 9.17) is 11.6 Å². The SMILES string of the molecule is Cc1cccc(C)c1NC(=O)c1n[nH]c2ccc(Cl)cc2c1=O. The highest BCUT2D eigenvalue weighted by molar-refractivity contribution is 6.31. The van der Waals surface area contributed by atoms with Crippen LogP contribution < -0.4 is 10.7 Å². The van der Waals surface area contributed by atoms with Crippen molar-refractivity contribution in [2.75, 3.05) is 5.32 Å². The molecule has 0 spiro atoms. The number of aromatic amines is 1. The number of carbonyl (C=O) groups is 1. The fourth-order valence-electron chi connectivity index (χ4n) is 2.43. The van der Waals surface area contributed by atoms with Crippen molar-refractivity contribution >= 4 is 34.1 Å². The quantitative estimate of drug-likeness (QED) is 0.757. The molecule has 0 radical (unpaired) electrons. The third kappa shape index (κ3) is 2.83. The van der Waals surface area contributed by atoms with E-state index in [-0.39, 0.29) is 5.69 Å². The van der Waals surface area contributed by atoms with Gasteiger partial charge in [0.05, 0.1) is 10.9 Å². The summed E-state index contributed by atoms with van der Waals surface area (Å²) in [5.74, 6) is -0.550. The van der Waals surface area contributed by atoms with Gasteiger partial charge in [-0.05, 0) is 43.2 Å². The van der Waals surface area contributed by atoms with Crippen LogP contribution in [0.4, 0.5) is 5.69 Å². The second-order valence-corrected chi connectivity index (χ2v) is 5.75. The first-order valence-electron chi connectivity index (χ1n) is 7.03. The summed E-state index contributed by atoms with van der Waals surface area (Å²) in [4.78, 5) is 24.9. The number of halogens is 1. The van der Waals surface area contributed by atoms with Gasteiger partial charge in [0.15, 0.2) is 5.69 Å². The monoisotopic (exact) mass is 327 g/mol. The highest BCUT2D eigenvalue weighted by Crippen LogP contribution is 2.20. The molecule has 2 aromatic carbocycles. The number of H-pyrrole nitrogens is 1. The van der Waals surface area contributed by atoms with Crippen molar-refractivity contribution in [3.63, 3.8) is 0 Å². The average Bonchev–Trinajstić information content (AvgIpc) is 2.52. The number of anilines is 1. The van der Waals surface area contributed by atoms with Crippen LogP contribution in [0, 0.1) is 13.8 Å². The van der Waals surface area contributed by atoms with Gasteiger partial charge in [-0.3, -0.25) is 14.7 Å². The van der Waals surface area contributed by atoms with Crippen molar-refractivity contribution in [2.24, 2.45) is 0 Å². The van der Waals surface area contributed by atoms with E-state index in [0.717, 1.165) is 11.1 Å². The number of benzene rings is 2. The van der Waals surface area contributed by atoms with Crippen LogP contribution in [0.3, 0.4) is 0 Å². The van der Waals surface area contributed by atoms with Crippen LogP contribution >= 0.6 is 11.6 Å². The number of nitrogens with zero attached hydrogens (tertiary/aromatic N) is 1. The van der Waals surface area contributed by atoms with E-state index in [1.807, 2.05) is 32.0 Å². The molecule has 1 aromatic heterocycles. The predicted molar refractivity (Wildman–Crippen MR) is 91.2 cm³/mol. The molecule has 0 atom stereocenters. The molecule has 0 aliphatic rings. The van der Waals surface area contributed by atoms with Gasteiger partial charge >= 0.3 is 0 Å². The molecule has 0 aliphatic heterocycles. The van der Waals surface area contributed by atoms with Gasteiger partial charge in [0.25, 0.3) is 5.91 Å². The van der Waals surface area contributed by atoms with E-state index in [9.17, 15) is 9.59 Å². The Hall–Kier alpha value is -2.66. The predicted octanol–water partition coefficient (Wildman–Crippen LogP) is 3.45. The fourth-order valence-corrected chi connectivity index (χ4v) is 2.61. The minimum Gasteiger partial charge on any atom is -0.320 e. The zero-order valence-corrected chi connectivity index (χ0v) is 13.4. The number of carbonyl (C=O) groups excluding carboxylic acids is 1.